The van der Waals surface area contributed by atoms with Gasteiger partial charge in [-0.3, -0.25) is 0 Å². The standard InChI is InChI=1S/C21H28N4O4S/c22-14-17-6-7-23-21(12-17)29-16-20-13-19(18-4-2-1-3-5-18)15-25(20)30(26,27)24-8-10-28-11-9-24/h1-7,12,19-20H,8-11,13-16,22H2. The van der Waals surface area contributed by atoms with Crippen LogP contribution in [0, 0.1) is 0 Å². The first kappa shape index (κ1) is 21.2. The highest BCUT2D eigenvalue weighted by Gasteiger charge is 2.43. The normalized spacial score (nSPS) is 23.5. The summed E-state index contributed by atoms with van der Waals surface area (Å²) < 4.78 is 41.2. The second-order valence-corrected chi connectivity index (χ2v) is 9.48. The van der Waals surface area contributed by atoms with Crippen LogP contribution >= 0.6 is 0 Å². The first-order chi connectivity index (χ1) is 14.6. The number of pyridine rings is 1. The molecule has 4 rings (SSSR count). The van der Waals surface area contributed by atoms with E-state index in [1.807, 2.05) is 24.3 Å². The predicted octanol–water partition coefficient (Wildman–Crippen LogP) is 1.35. The van der Waals surface area contributed by atoms with E-state index in [-0.39, 0.29) is 18.6 Å². The van der Waals surface area contributed by atoms with Crippen molar-refractivity contribution in [2.24, 2.45) is 5.73 Å². The van der Waals surface area contributed by atoms with E-state index in [0.717, 1.165) is 11.1 Å². The molecule has 2 atom stereocenters. The number of ether oxygens (including phenoxy) is 2. The monoisotopic (exact) mass is 432 g/mol. The van der Waals surface area contributed by atoms with E-state index in [2.05, 4.69) is 17.1 Å². The first-order valence-corrected chi connectivity index (χ1v) is 11.6. The van der Waals surface area contributed by atoms with Gasteiger partial charge >= 0.3 is 0 Å². The zero-order valence-electron chi connectivity index (χ0n) is 16.9. The highest BCUT2D eigenvalue weighted by atomic mass is 32.2. The molecule has 1 aromatic carbocycles. The summed E-state index contributed by atoms with van der Waals surface area (Å²) in [6.07, 6.45) is 2.35. The quantitative estimate of drug-likeness (QED) is 0.709. The number of aromatic nitrogens is 1. The van der Waals surface area contributed by atoms with Crippen molar-refractivity contribution >= 4 is 10.2 Å². The molecule has 0 aliphatic carbocycles. The van der Waals surface area contributed by atoms with Crippen molar-refractivity contribution < 1.29 is 17.9 Å². The summed E-state index contributed by atoms with van der Waals surface area (Å²) in [5.41, 5.74) is 7.76. The molecule has 2 N–H and O–H groups in total. The van der Waals surface area contributed by atoms with Gasteiger partial charge in [-0.05, 0) is 29.5 Å². The zero-order valence-corrected chi connectivity index (χ0v) is 17.7. The summed E-state index contributed by atoms with van der Waals surface area (Å²) in [7, 11) is -3.60. The number of morpholine rings is 1. The Labute approximate surface area is 177 Å². The molecule has 162 valence electrons. The van der Waals surface area contributed by atoms with Crippen LogP contribution in [0.3, 0.4) is 0 Å². The Kier molecular flexibility index (Phi) is 6.64. The van der Waals surface area contributed by atoms with E-state index in [1.165, 1.54) is 4.31 Å². The molecule has 2 aliphatic heterocycles. The van der Waals surface area contributed by atoms with Crippen LogP contribution in [0.2, 0.25) is 0 Å². The number of nitrogens with zero attached hydrogens (tertiary/aromatic N) is 3. The van der Waals surface area contributed by atoms with Crippen molar-refractivity contribution in [2.45, 2.75) is 24.9 Å². The minimum atomic E-state index is -3.60. The summed E-state index contributed by atoms with van der Waals surface area (Å²) in [4.78, 5) is 4.23. The molecule has 3 heterocycles. The lowest BCUT2D eigenvalue weighted by Crippen LogP contribution is -2.51. The van der Waals surface area contributed by atoms with Gasteiger partial charge in [-0.25, -0.2) is 4.98 Å². The SMILES string of the molecule is NCc1ccnc(OCC2CC(c3ccccc3)CN2S(=O)(=O)N2CCOCC2)c1. The number of hydrogen-bond acceptors (Lipinski definition) is 6. The summed E-state index contributed by atoms with van der Waals surface area (Å²) in [5.74, 6) is 0.587. The lowest BCUT2D eigenvalue weighted by molar-refractivity contribution is 0.0693. The van der Waals surface area contributed by atoms with Gasteiger partial charge in [0.15, 0.2) is 0 Å². The van der Waals surface area contributed by atoms with Gasteiger partial charge in [0.1, 0.15) is 6.61 Å². The van der Waals surface area contributed by atoms with Gasteiger partial charge in [0.25, 0.3) is 10.2 Å². The Bertz CT molecular complexity index is 935. The van der Waals surface area contributed by atoms with Crippen molar-refractivity contribution in [3.05, 3.63) is 59.8 Å². The third-order valence-electron chi connectivity index (χ3n) is 5.69. The minimum Gasteiger partial charge on any atom is -0.476 e. The Morgan fingerprint density at radius 2 is 1.93 bits per heavy atom. The van der Waals surface area contributed by atoms with Gasteiger partial charge < -0.3 is 15.2 Å². The van der Waals surface area contributed by atoms with Crippen LogP contribution in [-0.2, 0) is 21.5 Å². The van der Waals surface area contributed by atoms with Crippen LogP contribution in [0.4, 0.5) is 0 Å². The highest BCUT2D eigenvalue weighted by Crippen LogP contribution is 2.35. The number of rotatable bonds is 7. The van der Waals surface area contributed by atoms with Crippen molar-refractivity contribution in [1.29, 1.82) is 0 Å². The van der Waals surface area contributed by atoms with E-state index in [1.54, 1.807) is 16.6 Å². The number of hydrogen-bond donors (Lipinski definition) is 1. The molecule has 2 aromatic rings. The van der Waals surface area contributed by atoms with E-state index >= 15 is 0 Å². The predicted molar refractivity (Wildman–Crippen MR) is 113 cm³/mol. The fraction of sp³-hybridized carbons (Fsp3) is 0.476. The summed E-state index contributed by atoms with van der Waals surface area (Å²) in [6, 6.07) is 13.4. The Hall–Kier alpha value is -2.04. The molecule has 0 radical (unpaired) electrons. The zero-order chi connectivity index (χ0) is 21.0. The molecule has 2 aliphatic rings. The molecular weight excluding hydrogens is 404 g/mol. The van der Waals surface area contributed by atoms with Gasteiger partial charge in [-0.1, -0.05) is 30.3 Å². The Morgan fingerprint density at radius 1 is 1.17 bits per heavy atom. The molecule has 9 heteroatoms. The average Bonchev–Trinajstić information content (AvgIpc) is 3.24. The average molecular weight is 433 g/mol. The maximum absolute atomic E-state index is 13.4. The van der Waals surface area contributed by atoms with Gasteiger partial charge in [0, 0.05) is 38.4 Å². The van der Waals surface area contributed by atoms with E-state index in [9.17, 15) is 8.42 Å². The number of benzene rings is 1. The molecule has 2 unspecified atom stereocenters. The van der Waals surface area contributed by atoms with Crippen molar-refractivity contribution in [3.8, 4) is 5.88 Å². The van der Waals surface area contributed by atoms with E-state index < -0.39 is 10.2 Å². The number of nitrogens with two attached hydrogens (primary N) is 1. The lowest BCUT2D eigenvalue weighted by atomic mass is 9.97. The minimum absolute atomic E-state index is 0.124. The summed E-state index contributed by atoms with van der Waals surface area (Å²) in [5, 5.41) is 0. The largest absolute Gasteiger partial charge is 0.476 e. The van der Waals surface area contributed by atoms with Crippen LogP contribution in [0.25, 0.3) is 0 Å². The molecule has 1 aromatic heterocycles. The lowest BCUT2D eigenvalue weighted by Gasteiger charge is -2.32. The Balaban J connectivity index is 1.54. The Morgan fingerprint density at radius 3 is 2.67 bits per heavy atom. The van der Waals surface area contributed by atoms with Crippen LogP contribution in [0.5, 0.6) is 5.88 Å². The molecule has 0 amide bonds. The molecule has 2 saturated heterocycles. The van der Waals surface area contributed by atoms with Crippen LogP contribution in [0.1, 0.15) is 23.5 Å². The highest BCUT2D eigenvalue weighted by molar-refractivity contribution is 7.86. The van der Waals surface area contributed by atoms with Gasteiger partial charge in [-0.15, -0.1) is 0 Å². The van der Waals surface area contributed by atoms with Crippen LogP contribution in [-0.4, -0.2) is 67.5 Å². The van der Waals surface area contributed by atoms with Crippen LogP contribution < -0.4 is 10.5 Å². The third-order valence-corrected chi connectivity index (χ3v) is 7.74. The second-order valence-electron chi connectivity index (χ2n) is 7.60. The van der Waals surface area contributed by atoms with Gasteiger partial charge in [0.2, 0.25) is 5.88 Å². The molecular formula is C21H28N4O4S. The van der Waals surface area contributed by atoms with Gasteiger partial charge in [-0.2, -0.15) is 17.0 Å². The second kappa shape index (κ2) is 9.40. The topological polar surface area (TPSA) is 98.0 Å². The molecule has 2 fully saturated rings. The maximum Gasteiger partial charge on any atom is 0.282 e. The summed E-state index contributed by atoms with van der Waals surface area (Å²) in [6.45, 7) is 2.68. The smallest absolute Gasteiger partial charge is 0.282 e. The molecule has 30 heavy (non-hydrogen) atoms. The van der Waals surface area contributed by atoms with Crippen LogP contribution in [0.15, 0.2) is 48.7 Å². The fourth-order valence-corrected chi connectivity index (χ4v) is 5.85. The summed E-state index contributed by atoms with van der Waals surface area (Å²) >= 11 is 0. The first-order valence-electron chi connectivity index (χ1n) is 10.3. The molecule has 8 nitrogen and oxygen atoms in total. The van der Waals surface area contributed by atoms with Gasteiger partial charge in [0.05, 0.1) is 19.3 Å². The van der Waals surface area contributed by atoms with Crippen molar-refractivity contribution in [2.75, 3.05) is 39.5 Å². The molecule has 0 bridgehead atoms. The van der Waals surface area contributed by atoms with E-state index in [4.69, 9.17) is 15.2 Å². The third kappa shape index (κ3) is 4.65. The fourth-order valence-electron chi connectivity index (χ4n) is 4.05. The maximum atomic E-state index is 13.4. The van der Waals surface area contributed by atoms with E-state index in [0.29, 0.717) is 51.7 Å². The van der Waals surface area contributed by atoms with Crippen molar-refractivity contribution in [1.82, 2.24) is 13.6 Å². The molecule has 0 saturated carbocycles. The molecule has 0 spiro atoms. The van der Waals surface area contributed by atoms with Crippen molar-refractivity contribution in [3.63, 3.8) is 0 Å².